The molecule has 2 fully saturated rings. The molecule has 1 N–H and O–H groups in total. The number of amides is 2. The molecule has 5 rings (SSSR count). The summed E-state index contributed by atoms with van der Waals surface area (Å²) >= 11 is 0. The number of ether oxygens (including phenoxy) is 4. The largest absolute Gasteiger partial charge is 0.493 e. The first-order valence-electron chi connectivity index (χ1n) is 15.3. The van der Waals surface area contributed by atoms with E-state index in [1.165, 1.54) is 5.56 Å². The maximum Gasteiger partial charge on any atom is 0.411 e. The lowest BCUT2D eigenvalue weighted by atomic mass is 10.0. The van der Waals surface area contributed by atoms with E-state index in [2.05, 4.69) is 22.3 Å². The molecule has 3 aromatic carbocycles. The Bertz CT molecular complexity index is 1370. The second-order valence-corrected chi connectivity index (χ2v) is 11.7. The first-order valence-corrected chi connectivity index (χ1v) is 15.3. The van der Waals surface area contributed by atoms with Gasteiger partial charge in [-0.1, -0.05) is 60.7 Å². The van der Waals surface area contributed by atoms with Gasteiger partial charge in [0.25, 0.3) is 0 Å². The van der Waals surface area contributed by atoms with Gasteiger partial charge in [0.05, 0.1) is 25.3 Å². The van der Waals surface area contributed by atoms with Crippen LogP contribution in [-0.2, 0) is 25.5 Å². The Hall–Kier alpha value is -3.92. The first kappa shape index (κ1) is 31.5. The summed E-state index contributed by atoms with van der Waals surface area (Å²) in [6.45, 7) is 3.47. The Kier molecular flexibility index (Phi) is 10.9. The molecule has 234 valence electrons. The number of carbonyl (C=O) groups is 2. The first-order chi connectivity index (χ1) is 21.4. The Morgan fingerprint density at radius 1 is 0.932 bits per heavy atom. The van der Waals surface area contributed by atoms with Gasteiger partial charge in [-0.05, 0) is 54.0 Å². The summed E-state index contributed by atoms with van der Waals surface area (Å²) in [5.41, 5.74) is 3.95. The van der Waals surface area contributed by atoms with Gasteiger partial charge in [-0.3, -0.25) is 15.0 Å². The average Bonchev–Trinajstić information content (AvgIpc) is 3.58. The van der Waals surface area contributed by atoms with E-state index < -0.39 is 12.4 Å². The Morgan fingerprint density at radius 3 is 2.36 bits per heavy atom. The lowest BCUT2D eigenvalue weighted by Gasteiger charge is -2.22. The van der Waals surface area contributed by atoms with Gasteiger partial charge in [0, 0.05) is 46.5 Å². The Balaban J connectivity index is 1.04. The Labute approximate surface area is 260 Å². The van der Waals surface area contributed by atoms with E-state index in [4.69, 9.17) is 18.9 Å². The third-order valence-electron chi connectivity index (χ3n) is 8.57. The zero-order valence-electron chi connectivity index (χ0n) is 25.8. The Morgan fingerprint density at radius 2 is 1.64 bits per heavy atom. The maximum absolute atomic E-state index is 12.8. The number of anilines is 1. The van der Waals surface area contributed by atoms with Crippen LogP contribution in [0.3, 0.4) is 0 Å². The van der Waals surface area contributed by atoms with Crippen molar-refractivity contribution in [2.24, 2.45) is 11.8 Å². The monoisotopic (exact) mass is 601 g/mol. The number of nitrogens with zero attached hydrogens (tertiary/aromatic N) is 2. The van der Waals surface area contributed by atoms with E-state index in [-0.39, 0.29) is 18.4 Å². The second-order valence-electron chi connectivity index (χ2n) is 11.7. The zero-order chi connectivity index (χ0) is 30.9. The number of benzene rings is 3. The number of para-hydroxylation sites is 1. The lowest BCUT2D eigenvalue weighted by molar-refractivity contribution is -0.143. The van der Waals surface area contributed by atoms with Crippen molar-refractivity contribution < 1.29 is 28.5 Å². The molecule has 9 nitrogen and oxygen atoms in total. The van der Waals surface area contributed by atoms with Crippen molar-refractivity contribution in [3.05, 3.63) is 84.4 Å². The van der Waals surface area contributed by atoms with Crippen molar-refractivity contribution in [3.8, 4) is 16.9 Å². The fourth-order valence-electron chi connectivity index (χ4n) is 6.33. The molecule has 0 bridgehead atoms. The number of rotatable bonds is 13. The molecule has 0 spiro atoms. The van der Waals surface area contributed by atoms with Gasteiger partial charge in [0.15, 0.2) is 6.29 Å². The van der Waals surface area contributed by atoms with E-state index in [0.29, 0.717) is 25.0 Å². The third-order valence-corrected chi connectivity index (χ3v) is 8.57. The number of fused-ring (bicyclic) bond motifs is 1. The van der Waals surface area contributed by atoms with Gasteiger partial charge in [0.1, 0.15) is 11.9 Å². The highest BCUT2D eigenvalue weighted by molar-refractivity contribution is 5.91. The summed E-state index contributed by atoms with van der Waals surface area (Å²) in [5, 5.41) is 2.97. The molecule has 3 aromatic rings. The molecule has 1 aliphatic carbocycles. The van der Waals surface area contributed by atoms with Crippen LogP contribution in [0.5, 0.6) is 5.75 Å². The molecule has 1 aliphatic heterocycles. The lowest BCUT2D eigenvalue weighted by Crippen LogP contribution is -2.36. The van der Waals surface area contributed by atoms with Crippen LogP contribution in [0, 0.1) is 11.8 Å². The van der Waals surface area contributed by atoms with E-state index >= 15 is 0 Å². The molecule has 2 aliphatic rings. The van der Waals surface area contributed by atoms with Crippen molar-refractivity contribution >= 4 is 17.7 Å². The maximum atomic E-state index is 12.8. The van der Waals surface area contributed by atoms with Crippen molar-refractivity contribution in [1.82, 2.24) is 9.80 Å². The normalized spacial score (nSPS) is 19.5. The van der Waals surface area contributed by atoms with Crippen LogP contribution in [-0.4, -0.2) is 81.7 Å². The molecule has 1 saturated heterocycles. The van der Waals surface area contributed by atoms with Crippen LogP contribution in [0.25, 0.3) is 11.1 Å². The number of hydrogen-bond donors (Lipinski definition) is 1. The number of hydrogen-bond acceptors (Lipinski definition) is 7. The van der Waals surface area contributed by atoms with Gasteiger partial charge in [-0.2, -0.15) is 0 Å². The van der Waals surface area contributed by atoms with Crippen LogP contribution >= 0.6 is 0 Å². The van der Waals surface area contributed by atoms with Crippen LogP contribution in [0.1, 0.15) is 24.8 Å². The van der Waals surface area contributed by atoms with Crippen molar-refractivity contribution in [3.63, 3.8) is 0 Å². The second kappa shape index (κ2) is 15.2. The standard InChI is InChI=1S/C35H43N3O6/c1-37(24-34(41-2)42-3)33(39)16-17-43-29-13-9-10-25(18-29)21-38-22-27-19-30(20-28(27)23-38)44-35(40)36-32-15-8-7-14-31(32)26-11-5-4-6-12-26/h4-15,18,27-28,30,34H,16-17,19-24H2,1-3H3,(H,36,40)/t27-,28+,30?. The quantitative estimate of drug-likeness (QED) is 0.253. The van der Waals surface area contributed by atoms with E-state index in [1.54, 1.807) is 26.2 Å². The van der Waals surface area contributed by atoms with Crippen molar-refractivity contribution in [1.29, 1.82) is 0 Å². The van der Waals surface area contributed by atoms with Gasteiger partial charge in [0.2, 0.25) is 5.91 Å². The van der Waals surface area contributed by atoms with E-state index in [1.807, 2.05) is 66.7 Å². The summed E-state index contributed by atoms with van der Waals surface area (Å²) in [6, 6.07) is 25.9. The molecule has 9 heteroatoms. The number of likely N-dealkylation sites (tertiary alicyclic amines) is 1. The highest BCUT2D eigenvalue weighted by Gasteiger charge is 2.42. The summed E-state index contributed by atoms with van der Waals surface area (Å²) in [5.74, 6) is 1.77. The summed E-state index contributed by atoms with van der Waals surface area (Å²) in [6.07, 6.45) is 1.14. The minimum absolute atomic E-state index is 0.0272. The van der Waals surface area contributed by atoms with E-state index in [9.17, 15) is 9.59 Å². The number of carbonyl (C=O) groups excluding carboxylic acids is 2. The van der Waals surface area contributed by atoms with Crippen LogP contribution < -0.4 is 10.1 Å². The van der Waals surface area contributed by atoms with Gasteiger partial charge < -0.3 is 23.8 Å². The molecule has 1 unspecified atom stereocenters. The molecule has 44 heavy (non-hydrogen) atoms. The molecule has 0 radical (unpaired) electrons. The van der Waals surface area contributed by atoms with Gasteiger partial charge >= 0.3 is 6.09 Å². The molecule has 1 heterocycles. The van der Waals surface area contributed by atoms with E-state index in [0.717, 1.165) is 55.0 Å². The average molecular weight is 602 g/mol. The third kappa shape index (κ3) is 8.37. The molecular formula is C35H43N3O6. The molecular weight excluding hydrogens is 558 g/mol. The van der Waals surface area contributed by atoms with Gasteiger partial charge in [-0.15, -0.1) is 0 Å². The molecule has 0 aromatic heterocycles. The number of nitrogens with one attached hydrogen (secondary N) is 1. The van der Waals surface area contributed by atoms with Crippen LogP contribution in [0.4, 0.5) is 10.5 Å². The van der Waals surface area contributed by atoms with Crippen molar-refractivity contribution in [2.45, 2.75) is 38.2 Å². The smallest absolute Gasteiger partial charge is 0.411 e. The highest BCUT2D eigenvalue weighted by Crippen LogP contribution is 2.40. The predicted octanol–water partition coefficient (Wildman–Crippen LogP) is 5.66. The fourth-order valence-corrected chi connectivity index (χ4v) is 6.33. The minimum atomic E-state index is -0.446. The van der Waals surface area contributed by atoms with Crippen molar-refractivity contribution in [2.75, 3.05) is 52.8 Å². The zero-order valence-corrected chi connectivity index (χ0v) is 25.8. The topological polar surface area (TPSA) is 89.6 Å². The SMILES string of the molecule is COC(CN(C)C(=O)CCOc1cccc(CN2C[C@H]3CC(OC(=O)Nc4ccccc4-c4ccccc4)C[C@H]3C2)c1)OC. The fraction of sp³-hybridized carbons (Fsp3) is 0.429. The molecule has 2 amide bonds. The predicted molar refractivity (Wildman–Crippen MR) is 169 cm³/mol. The minimum Gasteiger partial charge on any atom is -0.493 e. The van der Waals surface area contributed by atoms with Crippen LogP contribution in [0.15, 0.2) is 78.9 Å². The molecule has 3 atom stereocenters. The number of likely N-dealkylation sites (N-methyl/N-ethyl adjacent to an activating group) is 1. The highest BCUT2D eigenvalue weighted by atomic mass is 16.7. The number of methoxy groups -OCH3 is 2. The molecule has 1 saturated carbocycles. The summed E-state index contributed by atoms with van der Waals surface area (Å²) in [7, 11) is 4.84. The van der Waals surface area contributed by atoms with Crippen LogP contribution in [0.2, 0.25) is 0 Å². The summed E-state index contributed by atoms with van der Waals surface area (Å²) in [4.78, 5) is 29.3. The summed E-state index contributed by atoms with van der Waals surface area (Å²) < 4.78 is 22.1. The van der Waals surface area contributed by atoms with Gasteiger partial charge in [-0.25, -0.2) is 4.79 Å².